The van der Waals surface area contributed by atoms with E-state index in [0.717, 1.165) is 24.5 Å². The molecular weight excluding hydrogens is 220 g/mol. The van der Waals surface area contributed by atoms with Crippen LogP contribution in [0.2, 0.25) is 0 Å². The van der Waals surface area contributed by atoms with Crippen LogP contribution in [0.3, 0.4) is 0 Å². The summed E-state index contributed by atoms with van der Waals surface area (Å²) in [5.41, 5.74) is 3.48. The van der Waals surface area contributed by atoms with Crippen LogP contribution in [0.25, 0.3) is 0 Å². The quantitative estimate of drug-likeness (QED) is 0.620. The fraction of sp³-hybridized carbons (Fsp3) is 0.417. The molecule has 0 radical (unpaired) electrons. The summed E-state index contributed by atoms with van der Waals surface area (Å²) in [4.78, 5) is 13.3. The van der Waals surface area contributed by atoms with E-state index >= 15 is 0 Å². The van der Waals surface area contributed by atoms with Crippen LogP contribution < -0.4 is 5.32 Å². The molecule has 0 bridgehead atoms. The fourth-order valence-corrected chi connectivity index (χ4v) is 2.00. The molecule has 1 aliphatic rings. The fourth-order valence-electron chi connectivity index (χ4n) is 1.90. The number of nitrogens with one attached hydrogen (secondary N) is 1. The Bertz CT molecular complexity index is 406. The number of carbonyl (C=O) groups excluding carboxylic acids is 1. The lowest BCUT2D eigenvalue weighted by Gasteiger charge is -2.19. The van der Waals surface area contributed by atoms with E-state index in [1.807, 2.05) is 13.1 Å². The van der Waals surface area contributed by atoms with Gasteiger partial charge in [0.15, 0.2) is 0 Å². The normalized spacial score (nSPS) is 14.8. The zero-order valence-electron chi connectivity index (χ0n) is 9.36. The van der Waals surface area contributed by atoms with Gasteiger partial charge in [0.05, 0.1) is 0 Å². The third-order valence-electron chi connectivity index (χ3n) is 2.76. The van der Waals surface area contributed by atoms with Crippen molar-refractivity contribution in [2.45, 2.75) is 19.4 Å². The van der Waals surface area contributed by atoms with E-state index in [1.165, 1.54) is 11.1 Å². The summed E-state index contributed by atoms with van der Waals surface area (Å²) in [6, 6.07) is 6.23. The minimum atomic E-state index is 0.118. The number of carbonyl (C=O) groups is 1. The summed E-state index contributed by atoms with van der Waals surface area (Å²) in [7, 11) is 2.04. The number of hydrogen-bond acceptors (Lipinski definition) is 3. The molecule has 0 saturated heterocycles. The number of amides is 1. The molecule has 0 fully saturated rings. The number of rotatable bonds is 3. The first-order valence-corrected chi connectivity index (χ1v) is 6.03. The highest BCUT2D eigenvalue weighted by Gasteiger charge is 2.14. The molecule has 1 aromatic rings. The predicted octanol–water partition coefficient (Wildman–Crippen LogP) is 1.89. The Balaban J connectivity index is 2.16. The number of aryl methyl sites for hydroxylation is 1. The van der Waals surface area contributed by atoms with Crippen molar-refractivity contribution < 1.29 is 4.79 Å². The molecule has 3 nitrogen and oxygen atoms in total. The smallest absolute Gasteiger partial charge is 0.224 e. The summed E-state index contributed by atoms with van der Waals surface area (Å²) in [5.74, 6) is 0.862. The van der Waals surface area contributed by atoms with Crippen molar-refractivity contribution >= 4 is 24.2 Å². The van der Waals surface area contributed by atoms with Gasteiger partial charge in [-0.3, -0.25) is 9.69 Å². The molecule has 0 saturated carbocycles. The second-order valence-corrected chi connectivity index (χ2v) is 4.48. The van der Waals surface area contributed by atoms with Gasteiger partial charge in [0.1, 0.15) is 0 Å². The van der Waals surface area contributed by atoms with Crippen LogP contribution in [0.15, 0.2) is 18.2 Å². The predicted molar refractivity (Wildman–Crippen MR) is 68.7 cm³/mol. The van der Waals surface area contributed by atoms with Gasteiger partial charge in [0.25, 0.3) is 0 Å². The molecule has 16 heavy (non-hydrogen) atoms. The molecule has 0 atom stereocenters. The first-order valence-electron chi connectivity index (χ1n) is 5.40. The average molecular weight is 236 g/mol. The van der Waals surface area contributed by atoms with E-state index in [2.05, 4.69) is 35.0 Å². The molecule has 1 heterocycles. The van der Waals surface area contributed by atoms with Crippen molar-refractivity contribution in [1.82, 2.24) is 4.90 Å². The van der Waals surface area contributed by atoms with Gasteiger partial charge in [0.2, 0.25) is 5.91 Å². The minimum absolute atomic E-state index is 0.118. The van der Waals surface area contributed by atoms with Crippen LogP contribution in [-0.4, -0.2) is 23.7 Å². The van der Waals surface area contributed by atoms with Gasteiger partial charge < -0.3 is 5.32 Å². The molecule has 0 aliphatic carbocycles. The molecule has 1 aliphatic heterocycles. The van der Waals surface area contributed by atoms with Crippen LogP contribution >= 0.6 is 12.6 Å². The Labute approximate surface area is 101 Å². The van der Waals surface area contributed by atoms with Crippen LogP contribution in [0.1, 0.15) is 17.5 Å². The van der Waals surface area contributed by atoms with E-state index in [4.69, 9.17) is 0 Å². The summed E-state index contributed by atoms with van der Waals surface area (Å²) >= 11 is 4.23. The van der Waals surface area contributed by atoms with Crippen molar-refractivity contribution in [3.05, 3.63) is 29.3 Å². The Hall–Kier alpha value is -1.00. The second kappa shape index (κ2) is 4.89. The maximum Gasteiger partial charge on any atom is 0.224 e. The molecule has 0 unspecified atom stereocenters. The van der Waals surface area contributed by atoms with Crippen molar-refractivity contribution in [2.24, 2.45) is 0 Å². The molecule has 4 heteroatoms. The second-order valence-electron chi connectivity index (χ2n) is 4.20. The van der Waals surface area contributed by atoms with Gasteiger partial charge in [-0.1, -0.05) is 12.1 Å². The third-order valence-corrected chi connectivity index (χ3v) is 3.24. The van der Waals surface area contributed by atoms with Crippen molar-refractivity contribution in [1.29, 1.82) is 0 Å². The molecule has 2 rings (SSSR count). The van der Waals surface area contributed by atoms with Crippen LogP contribution in [0.4, 0.5) is 5.69 Å². The lowest BCUT2D eigenvalue weighted by Crippen LogP contribution is -2.20. The standard InChI is InChI=1S/C12H16N2OS/c1-14(8-16)7-9-2-4-11-10(6-9)3-5-12(15)13-11/h2,4,6,16H,3,5,7-8H2,1H3,(H,13,15). The molecule has 1 aromatic carbocycles. The Morgan fingerprint density at radius 3 is 3.00 bits per heavy atom. The third kappa shape index (κ3) is 2.57. The molecule has 1 amide bonds. The number of thiol groups is 1. The molecular formula is C12H16N2OS. The first-order chi connectivity index (χ1) is 7.69. The van der Waals surface area contributed by atoms with Crippen molar-refractivity contribution in [2.75, 3.05) is 18.2 Å². The van der Waals surface area contributed by atoms with Gasteiger partial charge in [-0.2, -0.15) is 12.6 Å². The van der Waals surface area contributed by atoms with Gasteiger partial charge in [0, 0.05) is 24.5 Å². The SMILES string of the molecule is CN(CS)Cc1ccc2c(c1)CCC(=O)N2. The van der Waals surface area contributed by atoms with E-state index in [0.29, 0.717) is 6.42 Å². The highest BCUT2D eigenvalue weighted by molar-refractivity contribution is 7.80. The van der Waals surface area contributed by atoms with Gasteiger partial charge in [-0.15, -0.1) is 0 Å². The zero-order chi connectivity index (χ0) is 11.5. The summed E-state index contributed by atoms with van der Waals surface area (Å²) < 4.78 is 0. The molecule has 0 spiro atoms. The number of benzene rings is 1. The topological polar surface area (TPSA) is 32.3 Å². The first kappa shape index (κ1) is 11.5. The number of hydrogen-bond donors (Lipinski definition) is 2. The maximum absolute atomic E-state index is 11.2. The molecule has 86 valence electrons. The lowest BCUT2D eigenvalue weighted by atomic mass is 10.0. The number of anilines is 1. The van der Waals surface area contributed by atoms with Crippen LogP contribution in [-0.2, 0) is 17.8 Å². The number of nitrogens with zero attached hydrogens (tertiary/aromatic N) is 1. The van der Waals surface area contributed by atoms with Gasteiger partial charge in [-0.05, 0) is 30.7 Å². The summed E-state index contributed by atoms with van der Waals surface area (Å²) in [6.07, 6.45) is 1.44. The largest absolute Gasteiger partial charge is 0.326 e. The monoisotopic (exact) mass is 236 g/mol. The van der Waals surface area contributed by atoms with Gasteiger partial charge in [-0.25, -0.2) is 0 Å². The Morgan fingerprint density at radius 1 is 1.44 bits per heavy atom. The molecule has 1 N–H and O–H groups in total. The van der Waals surface area contributed by atoms with E-state index in [-0.39, 0.29) is 5.91 Å². The Kier molecular flexibility index (Phi) is 3.51. The van der Waals surface area contributed by atoms with Crippen LogP contribution in [0.5, 0.6) is 0 Å². The lowest BCUT2D eigenvalue weighted by molar-refractivity contribution is -0.116. The molecule has 0 aromatic heterocycles. The highest BCUT2D eigenvalue weighted by Crippen LogP contribution is 2.23. The van der Waals surface area contributed by atoms with Gasteiger partial charge >= 0.3 is 0 Å². The summed E-state index contributed by atoms with van der Waals surface area (Å²) in [6.45, 7) is 0.894. The average Bonchev–Trinajstić information content (AvgIpc) is 2.29. The van der Waals surface area contributed by atoms with E-state index in [1.54, 1.807) is 0 Å². The maximum atomic E-state index is 11.2. The summed E-state index contributed by atoms with van der Waals surface area (Å²) in [5, 5.41) is 2.89. The van der Waals surface area contributed by atoms with Crippen LogP contribution in [0, 0.1) is 0 Å². The highest BCUT2D eigenvalue weighted by atomic mass is 32.1. The van der Waals surface area contributed by atoms with E-state index < -0.39 is 0 Å². The minimum Gasteiger partial charge on any atom is -0.326 e. The zero-order valence-corrected chi connectivity index (χ0v) is 10.3. The van der Waals surface area contributed by atoms with Crippen molar-refractivity contribution in [3.63, 3.8) is 0 Å². The van der Waals surface area contributed by atoms with Crippen molar-refractivity contribution in [3.8, 4) is 0 Å². The number of fused-ring (bicyclic) bond motifs is 1. The van der Waals surface area contributed by atoms with E-state index in [9.17, 15) is 4.79 Å². The Morgan fingerprint density at radius 2 is 2.25 bits per heavy atom.